The number of benzene rings is 2. The number of ether oxygens (including phenoxy) is 1. The zero-order valence-corrected chi connectivity index (χ0v) is 13.9. The SMILES string of the molecule is COc1cccc(C(=O)Nc2cccc(-c3nc(C)cc(=O)[nH]3)c2)c1. The van der Waals surface area contributed by atoms with E-state index in [0.717, 1.165) is 0 Å². The first kappa shape index (κ1) is 16.4. The van der Waals surface area contributed by atoms with Gasteiger partial charge in [0.1, 0.15) is 11.6 Å². The number of nitrogens with one attached hydrogen (secondary N) is 2. The predicted octanol–water partition coefficient (Wildman–Crippen LogP) is 3.01. The number of carbonyl (C=O) groups excluding carboxylic acids is 1. The van der Waals surface area contributed by atoms with E-state index in [2.05, 4.69) is 15.3 Å². The summed E-state index contributed by atoms with van der Waals surface area (Å²) >= 11 is 0. The molecule has 6 heteroatoms. The van der Waals surface area contributed by atoms with Crippen molar-refractivity contribution in [2.75, 3.05) is 12.4 Å². The van der Waals surface area contributed by atoms with Crippen molar-refractivity contribution in [2.45, 2.75) is 6.92 Å². The fourth-order valence-corrected chi connectivity index (χ4v) is 2.43. The van der Waals surface area contributed by atoms with Crippen LogP contribution in [0.1, 0.15) is 16.1 Å². The van der Waals surface area contributed by atoms with Crippen molar-refractivity contribution in [1.29, 1.82) is 0 Å². The third-order valence-corrected chi connectivity index (χ3v) is 3.60. The molecule has 0 saturated carbocycles. The third-order valence-electron chi connectivity index (χ3n) is 3.60. The summed E-state index contributed by atoms with van der Waals surface area (Å²) in [5.41, 5.74) is 2.23. The van der Waals surface area contributed by atoms with Crippen LogP contribution in [0.5, 0.6) is 5.75 Å². The molecule has 0 bridgehead atoms. The van der Waals surface area contributed by atoms with Gasteiger partial charge in [0.15, 0.2) is 0 Å². The van der Waals surface area contributed by atoms with Gasteiger partial charge in [-0.25, -0.2) is 4.98 Å². The van der Waals surface area contributed by atoms with Crippen LogP contribution in [-0.4, -0.2) is 23.0 Å². The lowest BCUT2D eigenvalue weighted by Gasteiger charge is -2.08. The minimum Gasteiger partial charge on any atom is -0.497 e. The Morgan fingerprint density at radius 3 is 2.68 bits per heavy atom. The van der Waals surface area contributed by atoms with Crippen LogP contribution in [0.2, 0.25) is 0 Å². The van der Waals surface area contributed by atoms with Crippen LogP contribution in [-0.2, 0) is 0 Å². The van der Waals surface area contributed by atoms with Crippen LogP contribution >= 0.6 is 0 Å². The fraction of sp³-hybridized carbons (Fsp3) is 0.105. The number of carbonyl (C=O) groups is 1. The number of anilines is 1. The van der Waals surface area contributed by atoms with Gasteiger partial charge in [0.2, 0.25) is 0 Å². The first-order valence-electron chi connectivity index (χ1n) is 7.69. The molecule has 1 heterocycles. The number of methoxy groups -OCH3 is 1. The normalized spacial score (nSPS) is 10.3. The molecular formula is C19H17N3O3. The summed E-state index contributed by atoms with van der Waals surface area (Å²) in [4.78, 5) is 31.0. The highest BCUT2D eigenvalue weighted by molar-refractivity contribution is 6.04. The van der Waals surface area contributed by atoms with E-state index in [4.69, 9.17) is 4.74 Å². The Morgan fingerprint density at radius 2 is 1.92 bits per heavy atom. The second-order valence-corrected chi connectivity index (χ2v) is 5.50. The van der Waals surface area contributed by atoms with Crippen LogP contribution in [0.3, 0.4) is 0 Å². The number of hydrogen-bond acceptors (Lipinski definition) is 4. The van der Waals surface area contributed by atoms with Gasteiger partial charge in [-0.15, -0.1) is 0 Å². The highest BCUT2D eigenvalue weighted by Gasteiger charge is 2.09. The molecule has 2 aromatic carbocycles. The summed E-state index contributed by atoms with van der Waals surface area (Å²) in [5, 5.41) is 2.83. The minimum atomic E-state index is -0.248. The number of aryl methyl sites for hydroxylation is 1. The molecule has 0 radical (unpaired) electrons. The van der Waals surface area contributed by atoms with E-state index in [1.165, 1.54) is 6.07 Å². The number of aromatic amines is 1. The summed E-state index contributed by atoms with van der Waals surface area (Å²) in [6.45, 7) is 1.76. The predicted molar refractivity (Wildman–Crippen MR) is 96.0 cm³/mol. The maximum atomic E-state index is 12.4. The number of hydrogen-bond donors (Lipinski definition) is 2. The highest BCUT2D eigenvalue weighted by Crippen LogP contribution is 2.20. The molecule has 1 aromatic heterocycles. The lowest BCUT2D eigenvalue weighted by molar-refractivity contribution is 0.102. The zero-order chi connectivity index (χ0) is 17.8. The van der Waals surface area contributed by atoms with E-state index in [9.17, 15) is 9.59 Å². The van der Waals surface area contributed by atoms with Crippen molar-refractivity contribution >= 4 is 11.6 Å². The number of amides is 1. The van der Waals surface area contributed by atoms with Gasteiger partial charge < -0.3 is 15.0 Å². The average Bonchev–Trinajstić information content (AvgIpc) is 2.61. The van der Waals surface area contributed by atoms with Crippen molar-refractivity contribution < 1.29 is 9.53 Å². The Bertz CT molecular complexity index is 979. The fourth-order valence-electron chi connectivity index (χ4n) is 2.43. The number of rotatable bonds is 4. The molecule has 1 amide bonds. The maximum Gasteiger partial charge on any atom is 0.255 e. The van der Waals surface area contributed by atoms with Crippen LogP contribution < -0.4 is 15.6 Å². The van der Waals surface area contributed by atoms with Crippen LogP contribution in [0.25, 0.3) is 11.4 Å². The smallest absolute Gasteiger partial charge is 0.255 e. The average molecular weight is 335 g/mol. The summed E-state index contributed by atoms with van der Waals surface area (Å²) in [7, 11) is 1.55. The molecule has 0 aliphatic carbocycles. The van der Waals surface area contributed by atoms with Gasteiger partial charge in [0, 0.05) is 28.6 Å². The van der Waals surface area contributed by atoms with Crippen molar-refractivity contribution in [2.24, 2.45) is 0 Å². The van der Waals surface area contributed by atoms with Gasteiger partial charge in [-0.2, -0.15) is 0 Å². The third kappa shape index (κ3) is 3.92. The molecule has 25 heavy (non-hydrogen) atoms. The largest absolute Gasteiger partial charge is 0.497 e. The van der Waals surface area contributed by atoms with Gasteiger partial charge in [-0.05, 0) is 37.3 Å². The molecule has 0 saturated heterocycles. The number of nitrogens with zero attached hydrogens (tertiary/aromatic N) is 1. The molecule has 3 aromatic rings. The Labute approximate surface area is 144 Å². The van der Waals surface area contributed by atoms with Crippen LogP contribution in [0, 0.1) is 6.92 Å². The first-order chi connectivity index (χ1) is 12.0. The van der Waals surface area contributed by atoms with Crippen molar-refractivity contribution in [3.8, 4) is 17.1 Å². The quantitative estimate of drug-likeness (QED) is 0.767. The monoisotopic (exact) mass is 335 g/mol. The molecule has 126 valence electrons. The molecule has 0 spiro atoms. The number of aromatic nitrogens is 2. The maximum absolute atomic E-state index is 12.4. The Hall–Kier alpha value is -3.41. The van der Waals surface area contributed by atoms with Gasteiger partial charge in [-0.1, -0.05) is 18.2 Å². The lowest BCUT2D eigenvalue weighted by Crippen LogP contribution is -2.12. The molecule has 0 aliphatic heterocycles. The summed E-state index contributed by atoms with van der Waals surface area (Å²) in [5.74, 6) is 0.826. The van der Waals surface area contributed by atoms with Gasteiger partial charge in [-0.3, -0.25) is 9.59 Å². The van der Waals surface area contributed by atoms with Crippen molar-refractivity contribution in [3.63, 3.8) is 0 Å². The molecule has 0 fully saturated rings. The topological polar surface area (TPSA) is 84.1 Å². The number of H-pyrrole nitrogens is 1. The van der Waals surface area contributed by atoms with Crippen molar-refractivity contribution in [3.05, 3.63) is 76.2 Å². The Morgan fingerprint density at radius 1 is 1.12 bits per heavy atom. The van der Waals surface area contributed by atoms with Crippen LogP contribution in [0.4, 0.5) is 5.69 Å². The first-order valence-corrected chi connectivity index (χ1v) is 7.69. The van der Waals surface area contributed by atoms with E-state index in [1.54, 1.807) is 56.5 Å². The highest BCUT2D eigenvalue weighted by atomic mass is 16.5. The standard InChI is InChI=1S/C19H17N3O3/c1-12-9-17(23)22-18(20-12)13-5-3-7-15(10-13)21-19(24)14-6-4-8-16(11-14)25-2/h3-11H,1-2H3,(H,21,24)(H,20,22,23). The summed E-state index contributed by atoms with van der Waals surface area (Å²) in [6, 6.07) is 15.5. The van der Waals surface area contributed by atoms with E-state index in [-0.39, 0.29) is 11.5 Å². The lowest BCUT2D eigenvalue weighted by atomic mass is 10.1. The Balaban J connectivity index is 1.86. The van der Waals surface area contributed by atoms with E-state index < -0.39 is 0 Å². The molecule has 0 atom stereocenters. The van der Waals surface area contributed by atoms with Gasteiger partial charge >= 0.3 is 0 Å². The minimum absolute atomic E-state index is 0.215. The Kier molecular flexibility index (Phi) is 4.61. The second-order valence-electron chi connectivity index (χ2n) is 5.50. The zero-order valence-electron chi connectivity index (χ0n) is 13.9. The van der Waals surface area contributed by atoms with Crippen molar-refractivity contribution in [1.82, 2.24) is 9.97 Å². The summed E-state index contributed by atoms with van der Waals surface area (Å²) in [6.07, 6.45) is 0. The second kappa shape index (κ2) is 7.00. The van der Waals surface area contributed by atoms with Gasteiger partial charge in [0.25, 0.3) is 11.5 Å². The molecule has 2 N–H and O–H groups in total. The van der Waals surface area contributed by atoms with Gasteiger partial charge in [0.05, 0.1) is 7.11 Å². The van der Waals surface area contributed by atoms with Crippen LogP contribution in [0.15, 0.2) is 59.4 Å². The van der Waals surface area contributed by atoms with E-state index in [0.29, 0.717) is 34.1 Å². The van der Waals surface area contributed by atoms with E-state index >= 15 is 0 Å². The van der Waals surface area contributed by atoms with E-state index in [1.807, 2.05) is 6.07 Å². The molecule has 0 aliphatic rings. The summed E-state index contributed by atoms with van der Waals surface area (Å²) < 4.78 is 5.13. The molecule has 0 unspecified atom stereocenters. The molecule has 6 nitrogen and oxygen atoms in total. The molecule has 3 rings (SSSR count). The molecular weight excluding hydrogens is 318 g/mol.